The van der Waals surface area contributed by atoms with Crippen LogP contribution >= 0.6 is 0 Å². The van der Waals surface area contributed by atoms with Crippen molar-refractivity contribution in [3.05, 3.63) is 35.4 Å². The number of carbonyl (C=O) groups excluding carboxylic acids is 1. The predicted octanol–water partition coefficient (Wildman–Crippen LogP) is 1.23. The minimum Gasteiger partial charge on any atom is -0.480 e. The van der Waals surface area contributed by atoms with Crippen molar-refractivity contribution in [3.8, 4) is 0 Å². The van der Waals surface area contributed by atoms with Crippen LogP contribution in [0.3, 0.4) is 0 Å². The van der Waals surface area contributed by atoms with Crippen LogP contribution in [0.15, 0.2) is 24.3 Å². The first kappa shape index (κ1) is 11.6. The van der Waals surface area contributed by atoms with Crippen molar-refractivity contribution in [3.63, 3.8) is 0 Å². The van der Waals surface area contributed by atoms with Gasteiger partial charge in [-0.1, -0.05) is 36.8 Å². The number of hydrogen-bond acceptors (Lipinski definition) is 2. The first-order chi connectivity index (χ1) is 7.93. The Bertz CT molecular complexity index is 483. The largest absolute Gasteiger partial charge is 0.480 e. The summed E-state index contributed by atoms with van der Waals surface area (Å²) in [6, 6.07) is 6.81. The van der Waals surface area contributed by atoms with Crippen LogP contribution in [0.5, 0.6) is 0 Å². The van der Waals surface area contributed by atoms with E-state index in [2.05, 4.69) is 5.32 Å². The molecule has 2 rings (SSSR count). The standard InChI is InChI=1S/C13H15NO3/c1-8-4-3-5-9(6-8)13(2)7-10(15)14-11(13)12(16)17/h3-6,11H,7H2,1-2H3,(H,14,15)(H,16,17). The molecule has 90 valence electrons. The van der Waals surface area contributed by atoms with Gasteiger partial charge >= 0.3 is 5.97 Å². The third-order valence-electron chi connectivity index (χ3n) is 3.39. The lowest BCUT2D eigenvalue weighted by Crippen LogP contribution is -2.44. The summed E-state index contributed by atoms with van der Waals surface area (Å²) >= 11 is 0. The van der Waals surface area contributed by atoms with Gasteiger partial charge in [-0.05, 0) is 12.5 Å². The zero-order valence-electron chi connectivity index (χ0n) is 9.86. The average Bonchev–Trinajstić information content (AvgIpc) is 2.55. The predicted molar refractivity (Wildman–Crippen MR) is 62.7 cm³/mol. The molecule has 0 aliphatic carbocycles. The second-order valence-electron chi connectivity index (χ2n) is 4.80. The van der Waals surface area contributed by atoms with Gasteiger partial charge in [-0.3, -0.25) is 4.79 Å². The molecule has 2 N–H and O–H groups in total. The van der Waals surface area contributed by atoms with Gasteiger partial charge < -0.3 is 10.4 Å². The van der Waals surface area contributed by atoms with Gasteiger partial charge in [-0.25, -0.2) is 4.79 Å². The maximum absolute atomic E-state index is 11.5. The third kappa shape index (κ3) is 1.90. The van der Waals surface area contributed by atoms with Gasteiger partial charge in [-0.2, -0.15) is 0 Å². The van der Waals surface area contributed by atoms with Gasteiger partial charge in [0, 0.05) is 11.8 Å². The van der Waals surface area contributed by atoms with Crippen LogP contribution in [-0.2, 0) is 15.0 Å². The Labute approximate surface area is 99.6 Å². The number of aliphatic carboxylic acids is 1. The van der Waals surface area contributed by atoms with Crippen molar-refractivity contribution < 1.29 is 14.7 Å². The van der Waals surface area contributed by atoms with Crippen LogP contribution in [0.25, 0.3) is 0 Å². The van der Waals surface area contributed by atoms with Gasteiger partial charge in [0.25, 0.3) is 0 Å². The summed E-state index contributed by atoms with van der Waals surface area (Å²) in [5, 5.41) is 11.7. The minimum absolute atomic E-state index is 0.207. The second kappa shape index (κ2) is 3.87. The van der Waals surface area contributed by atoms with Crippen molar-refractivity contribution in [2.24, 2.45) is 0 Å². The first-order valence-electron chi connectivity index (χ1n) is 5.53. The highest BCUT2D eigenvalue weighted by Gasteiger charge is 2.48. The second-order valence-corrected chi connectivity index (χ2v) is 4.80. The fraction of sp³-hybridized carbons (Fsp3) is 0.385. The van der Waals surface area contributed by atoms with E-state index in [9.17, 15) is 14.7 Å². The molecule has 0 saturated carbocycles. The fourth-order valence-corrected chi connectivity index (χ4v) is 2.41. The zero-order valence-corrected chi connectivity index (χ0v) is 9.86. The number of carboxylic acids is 1. The van der Waals surface area contributed by atoms with E-state index in [1.165, 1.54) is 0 Å². The molecule has 4 nitrogen and oxygen atoms in total. The van der Waals surface area contributed by atoms with E-state index in [0.29, 0.717) is 0 Å². The van der Waals surface area contributed by atoms with E-state index in [-0.39, 0.29) is 12.3 Å². The normalized spacial score (nSPS) is 27.9. The molecule has 2 atom stereocenters. The molecule has 1 aliphatic rings. The van der Waals surface area contributed by atoms with Crippen molar-refractivity contribution in [1.29, 1.82) is 0 Å². The number of carboxylic acid groups (broad SMARTS) is 1. The summed E-state index contributed by atoms with van der Waals surface area (Å²) in [4.78, 5) is 22.7. The van der Waals surface area contributed by atoms with Gasteiger partial charge in [-0.15, -0.1) is 0 Å². The number of aryl methyl sites for hydroxylation is 1. The topological polar surface area (TPSA) is 66.4 Å². The lowest BCUT2D eigenvalue weighted by atomic mass is 9.75. The number of hydrogen-bond donors (Lipinski definition) is 2. The lowest BCUT2D eigenvalue weighted by molar-refractivity contribution is -0.141. The van der Waals surface area contributed by atoms with Crippen molar-refractivity contribution in [2.45, 2.75) is 31.7 Å². The summed E-state index contributed by atoms with van der Waals surface area (Å²) in [6.45, 7) is 3.77. The molecule has 1 aromatic rings. The molecule has 0 radical (unpaired) electrons. The highest BCUT2D eigenvalue weighted by atomic mass is 16.4. The summed E-state index contributed by atoms with van der Waals surface area (Å²) < 4.78 is 0. The number of rotatable bonds is 2. The van der Waals surface area contributed by atoms with E-state index >= 15 is 0 Å². The van der Waals surface area contributed by atoms with Crippen molar-refractivity contribution in [1.82, 2.24) is 5.32 Å². The number of amides is 1. The molecule has 0 spiro atoms. The number of nitrogens with one attached hydrogen (secondary N) is 1. The summed E-state index contributed by atoms with van der Waals surface area (Å²) in [5.74, 6) is -1.19. The minimum atomic E-state index is -0.986. The zero-order chi connectivity index (χ0) is 12.6. The van der Waals surface area contributed by atoms with Crippen LogP contribution in [0, 0.1) is 6.92 Å². The van der Waals surface area contributed by atoms with Gasteiger partial charge in [0.15, 0.2) is 0 Å². The van der Waals surface area contributed by atoms with E-state index in [4.69, 9.17) is 0 Å². The van der Waals surface area contributed by atoms with E-state index < -0.39 is 17.4 Å². The Hall–Kier alpha value is -1.84. The third-order valence-corrected chi connectivity index (χ3v) is 3.39. The molecule has 0 bridgehead atoms. The molecule has 1 aliphatic heterocycles. The Morgan fingerprint density at radius 2 is 2.24 bits per heavy atom. The molecule has 1 saturated heterocycles. The SMILES string of the molecule is Cc1cccc(C2(C)CC(=O)NC2C(=O)O)c1. The molecule has 0 aromatic heterocycles. The monoisotopic (exact) mass is 233 g/mol. The highest BCUT2D eigenvalue weighted by Crippen LogP contribution is 2.36. The van der Waals surface area contributed by atoms with Gasteiger partial charge in [0.05, 0.1) is 0 Å². The van der Waals surface area contributed by atoms with Crippen LogP contribution in [0.4, 0.5) is 0 Å². The summed E-state index contributed by atoms with van der Waals surface area (Å²) in [7, 11) is 0. The summed E-state index contributed by atoms with van der Waals surface area (Å²) in [6.07, 6.45) is 0.216. The van der Waals surface area contributed by atoms with Crippen LogP contribution in [0.1, 0.15) is 24.5 Å². The first-order valence-corrected chi connectivity index (χ1v) is 5.53. The molecular formula is C13H15NO3. The smallest absolute Gasteiger partial charge is 0.327 e. The van der Waals surface area contributed by atoms with Gasteiger partial charge in [0.1, 0.15) is 6.04 Å². The molecule has 4 heteroatoms. The molecule has 1 amide bonds. The maximum Gasteiger partial charge on any atom is 0.327 e. The Morgan fingerprint density at radius 3 is 2.82 bits per heavy atom. The van der Waals surface area contributed by atoms with Crippen molar-refractivity contribution >= 4 is 11.9 Å². The summed E-state index contributed by atoms with van der Waals surface area (Å²) in [5.41, 5.74) is 1.28. The number of carbonyl (C=O) groups is 2. The Kier molecular flexibility index (Phi) is 2.65. The average molecular weight is 233 g/mol. The maximum atomic E-state index is 11.5. The Morgan fingerprint density at radius 1 is 1.53 bits per heavy atom. The fourth-order valence-electron chi connectivity index (χ4n) is 2.41. The van der Waals surface area contributed by atoms with Gasteiger partial charge in [0.2, 0.25) is 5.91 Å². The van der Waals surface area contributed by atoms with Crippen molar-refractivity contribution in [2.75, 3.05) is 0 Å². The van der Waals surface area contributed by atoms with Crippen LogP contribution in [-0.4, -0.2) is 23.0 Å². The lowest BCUT2D eigenvalue weighted by Gasteiger charge is -2.28. The van der Waals surface area contributed by atoms with Crippen LogP contribution < -0.4 is 5.32 Å². The highest BCUT2D eigenvalue weighted by molar-refractivity contribution is 5.90. The number of benzene rings is 1. The molecule has 1 heterocycles. The molecule has 1 aromatic carbocycles. The van der Waals surface area contributed by atoms with E-state index in [1.54, 1.807) is 0 Å². The molecular weight excluding hydrogens is 218 g/mol. The molecule has 1 fully saturated rings. The van der Waals surface area contributed by atoms with E-state index in [0.717, 1.165) is 11.1 Å². The molecule has 2 unspecified atom stereocenters. The van der Waals surface area contributed by atoms with E-state index in [1.807, 2.05) is 38.1 Å². The quantitative estimate of drug-likeness (QED) is 0.807. The molecule has 17 heavy (non-hydrogen) atoms. The Balaban J connectivity index is 2.47. The van der Waals surface area contributed by atoms with Crippen LogP contribution in [0.2, 0.25) is 0 Å².